The zero-order chi connectivity index (χ0) is 19.8. The van der Waals surface area contributed by atoms with E-state index in [9.17, 15) is 4.79 Å². The normalized spacial score (nSPS) is 16.0. The molecule has 0 bridgehead atoms. The van der Waals surface area contributed by atoms with Gasteiger partial charge >= 0.3 is 0 Å². The lowest BCUT2D eigenvalue weighted by atomic mass is 9.90. The van der Waals surface area contributed by atoms with Crippen LogP contribution >= 0.6 is 0 Å². The Hall–Kier alpha value is -2.40. The maximum absolute atomic E-state index is 12.8. The Morgan fingerprint density at radius 2 is 1.96 bits per heavy atom. The standard InChI is InChI=1S/C23H31N3O2/c1-18(17-28-2)25-22-11-10-21(16-24-22)23(27)26-14-12-20(13-15-26)9-8-19-6-4-3-5-7-19/h3-7,10-11,16,18,20H,8-9,12-15,17H2,1-2H3,(H,24,25)/t18-/m0/s1. The molecule has 0 spiro atoms. The summed E-state index contributed by atoms with van der Waals surface area (Å²) < 4.78 is 5.12. The summed E-state index contributed by atoms with van der Waals surface area (Å²) in [4.78, 5) is 19.1. The van der Waals surface area contributed by atoms with E-state index in [2.05, 4.69) is 40.6 Å². The lowest BCUT2D eigenvalue weighted by Crippen LogP contribution is -2.38. The van der Waals surface area contributed by atoms with Crippen molar-refractivity contribution in [2.24, 2.45) is 5.92 Å². The smallest absolute Gasteiger partial charge is 0.255 e. The van der Waals surface area contributed by atoms with Gasteiger partial charge in [-0.3, -0.25) is 4.79 Å². The maximum Gasteiger partial charge on any atom is 0.255 e. The summed E-state index contributed by atoms with van der Waals surface area (Å²) >= 11 is 0. The summed E-state index contributed by atoms with van der Waals surface area (Å²) in [6, 6.07) is 14.6. The third-order valence-electron chi connectivity index (χ3n) is 5.41. The maximum atomic E-state index is 12.8. The van der Waals surface area contributed by atoms with E-state index in [0.717, 1.165) is 38.2 Å². The molecule has 1 aliphatic heterocycles. The molecule has 0 saturated carbocycles. The molecule has 28 heavy (non-hydrogen) atoms. The molecule has 1 aromatic carbocycles. The first-order valence-electron chi connectivity index (χ1n) is 10.2. The minimum absolute atomic E-state index is 0.0884. The number of hydrogen-bond acceptors (Lipinski definition) is 4. The Labute approximate surface area is 168 Å². The minimum atomic E-state index is 0.0884. The van der Waals surface area contributed by atoms with Crippen molar-refractivity contribution in [1.29, 1.82) is 0 Å². The van der Waals surface area contributed by atoms with E-state index in [0.29, 0.717) is 18.1 Å². The molecule has 3 rings (SSSR count). The highest BCUT2D eigenvalue weighted by Gasteiger charge is 2.23. The topological polar surface area (TPSA) is 54.5 Å². The number of aryl methyl sites for hydroxylation is 1. The largest absolute Gasteiger partial charge is 0.383 e. The second-order valence-corrected chi connectivity index (χ2v) is 7.69. The summed E-state index contributed by atoms with van der Waals surface area (Å²) in [6.07, 6.45) is 6.17. The van der Waals surface area contributed by atoms with Crippen molar-refractivity contribution in [2.75, 3.05) is 32.1 Å². The van der Waals surface area contributed by atoms with Crippen LogP contribution in [0.4, 0.5) is 5.82 Å². The van der Waals surface area contributed by atoms with Crippen LogP contribution in [0.25, 0.3) is 0 Å². The molecule has 1 aliphatic rings. The quantitative estimate of drug-likeness (QED) is 0.751. The van der Waals surface area contributed by atoms with Crippen molar-refractivity contribution in [2.45, 2.75) is 38.6 Å². The number of carbonyl (C=O) groups is 1. The molecule has 0 unspecified atom stereocenters. The van der Waals surface area contributed by atoms with E-state index in [1.807, 2.05) is 24.0 Å². The van der Waals surface area contributed by atoms with E-state index in [-0.39, 0.29) is 11.9 Å². The van der Waals surface area contributed by atoms with Crippen molar-refractivity contribution in [3.8, 4) is 0 Å². The van der Waals surface area contributed by atoms with Gasteiger partial charge in [0.25, 0.3) is 5.91 Å². The van der Waals surface area contributed by atoms with Gasteiger partial charge in [-0.05, 0) is 56.2 Å². The number of methoxy groups -OCH3 is 1. The molecule has 0 radical (unpaired) electrons. The molecule has 2 aromatic rings. The highest BCUT2D eigenvalue weighted by molar-refractivity contribution is 5.94. The predicted molar refractivity (Wildman–Crippen MR) is 113 cm³/mol. The number of pyridine rings is 1. The molecule has 2 heterocycles. The number of piperidine rings is 1. The zero-order valence-corrected chi connectivity index (χ0v) is 16.9. The van der Waals surface area contributed by atoms with Gasteiger partial charge in [0.15, 0.2) is 0 Å². The number of amides is 1. The Morgan fingerprint density at radius 1 is 1.21 bits per heavy atom. The van der Waals surface area contributed by atoms with Crippen molar-refractivity contribution in [3.63, 3.8) is 0 Å². The number of nitrogens with one attached hydrogen (secondary N) is 1. The number of aromatic nitrogens is 1. The number of rotatable bonds is 8. The van der Waals surface area contributed by atoms with Gasteiger partial charge in [-0.1, -0.05) is 30.3 Å². The van der Waals surface area contributed by atoms with Crippen LogP contribution < -0.4 is 5.32 Å². The van der Waals surface area contributed by atoms with Crippen LogP contribution in [0.5, 0.6) is 0 Å². The molecule has 150 valence electrons. The Kier molecular flexibility index (Phi) is 7.43. The lowest BCUT2D eigenvalue weighted by Gasteiger charge is -2.32. The third-order valence-corrected chi connectivity index (χ3v) is 5.41. The molecule has 1 N–H and O–H groups in total. The van der Waals surface area contributed by atoms with E-state index >= 15 is 0 Å². The second kappa shape index (κ2) is 10.2. The fraction of sp³-hybridized carbons (Fsp3) is 0.478. The second-order valence-electron chi connectivity index (χ2n) is 7.69. The number of ether oxygens (including phenoxy) is 1. The van der Waals surface area contributed by atoms with Crippen LogP contribution in [-0.4, -0.2) is 48.6 Å². The van der Waals surface area contributed by atoms with Crippen LogP contribution in [-0.2, 0) is 11.2 Å². The van der Waals surface area contributed by atoms with Gasteiger partial charge in [-0.2, -0.15) is 0 Å². The van der Waals surface area contributed by atoms with Crippen molar-refractivity contribution < 1.29 is 9.53 Å². The predicted octanol–water partition coefficient (Wildman–Crippen LogP) is 4.01. The Balaban J connectivity index is 1.45. The van der Waals surface area contributed by atoms with Crippen LogP contribution in [0.3, 0.4) is 0 Å². The van der Waals surface area contributed by atoms with Crippen LogP contribution in [0.1, 0.15) is 42.1 Å². The molecule has 0 aliphatic carbocycles. The molecule has 1 fully saturated rings. The lowest BCUT2D eigenvalue weighted by molar-refractivity contribution is 0.0686. The monoisotopic (exact) mass is 381 g/mol. The fourth-order valence-corrected chi connectivity index (χ4v) is 3.77. The zero-order valence-electron chi connectivity index (χ0n) is 16.9. The Morgan fingerprint density at radius 3 is 2.61 bits per heavy atom. The minimum Gasteiger partial charge on any atom is -0.383 e. The SMILES string of the molecule is COC[C@H](C)Nc1ccc(C(=O)N2CCC(CCc3ccccc3)CC2)cn1. The van der Waals surface area contributed by atoms with Gasteiger partial charge in [0, 0.05) is 32.4 Å². The van der Waals surface area contributed by atoms with Gasteiger partial charge in [0.1, 0.15) is 5.82 Å². The summed E-state index contributed by atoms with van der Waals surface area (Å²) in [7, 11) is 1.68. The van der Waals surface area contributed by atoms with Gasteiger partial charge in [-0.15, -0.1) is 0 Å². The first kappa shape index (κ1) is 20.3. The number of anilines is 1. The third kappa shape index (κ3) is 5.80. The number of hydrogen-bond donors (Lipinski definition) is 1. The van der Waals surface area contributed by atoms with Gasteiger partial charge < -0.3 is 15.0 Å². The van der Waals surface area contributed by atoms with Crippen molar-refractivity contribution >= 4 is 11.7 Å². The van der Waals surface area contributed by atoms with Crippen molar-refractivity contribution in [1.82, 2.24) is 9.88 Å². The summed E-state index contributed by atoms with van der Waals surface area (Å²) in [5.41, 5.74) is 2.06. The molecule has 5 nitrogen and oxygen atoms in total. The average Bonchev–Trinajstić information content (AvgIpc) is 2.73. The number of carbonyl (C=O) groups excluding carboxylic acids is 1. The van der Waals surface area contributed by atoms with E-state index < -0.39 is 0 Å². The number of benzene rings is 1. The van der Waals surface area contributed by atoms with Gasteiger partial charge in [-0.25, -0.2) is 4.98 Å². The fourth-order valence-electron chi connectivity index (χ4n) is 3.77. The summed E-state index contributed by atoms with van der Waals surface area (Å²) in [6.45, 7) is 4.32. The molecular weight excluding hydrogens is 350 g/mol. The first-order chi connectivity index (χ1) is 13.7. The van der Waals surface area contributed by atoms with Crippen molar-refractivity contribution in [3.05, 3.63) is 59.8 Å². The molecule has 1 amide bonds. The number of nitrogens with zero attached hydrogens (tertiary/aromatic N) is 2. The molecule has 5 heteroatoms. The van der Waals surface area contributed by atoms with Crippen LogP contribution in [0.15, 0.2) is 48.7 Å². The summed E-state index contributed by atoms with van der Waals surface area (Å²) in [5.74, 6) is 1.56. The van der Waals surface area contributed by atoms with E-state index in [4.69, 9.17) is 4.74 Å². The molecule has 1 atom stereocenters. The molecule has 1 saturated heterocycles. The van der Waals surface area contributed by atoms with Crippen LogP contribution in [0, 0.1) is 5.92 Å². The highest BCUT2D eigenvalue weighted by Crippen LogP contribution is 2.23. The average molecular weight is 382 g/mol. The highest BCUT2D eigenvalue weighted by atomic mass is 16.5. The van der Waals surface area contributed by atoms with Gasteiger partial charge in [0.2, 0.25) is 0 Å². The summed E-state index contributed by atoms with van der Waals surface area (Å²) in [5, 5.41) is 3.26. The van der Waals surface area contributed by atoms with Crippen LogP contribution in [0.2, 0.25) is 0 Å². The molecule has 1 aromatic heterocycles. The van der Waals surface area contributed by atoms with E-state index in [1.54, 1.807) is 13.3 Å². The van der Waals surface area contributed by atoms with E-state index in [1.165, 1.54) is 12.0 Å². The van der Waals surface area contributed by atoms with Gasteiger partial charge in [0.05, 0.1) is 12.2 Å². The number of likely N-dealkylation sites (tertiary alicyclic amines) is 1. The molecular formula is C23H31N3O2. The first-order valence-corrected chi connectivity index (χ1v) is 10.2. The Bertz CT molecular complexity index is 725.